The molecule has 3 nitrogen and oxygen atoms in total. The summed E-state index contributed by atoms with van der Waals surface area (Å²) in [5.41, 5.74) is 3.03. The van der Waals surface area contributed by atoms with Gasteiger partial charge in [0.15, 0.2) is 0 Å². The lowest BCUT2D eigenvalue weighted by atomic mass is 10.1. The third kappa shape index (κ3) is 3.05. The average molecular weight is 258 g/mol. The Labute approximate surface area is 108 Å². The fourth-order valence-electron chi connectivity index (χ4n) is 1.96. The monoisotopic (exact) mass is 257 g/mol. The molecule has 0 aliphatic carbocycles. The number of halogens is 1. The molecule has 1 aromatic carbocycles. The minimum Gasteiger partial charge on any atom is -0.495 e. The molecule has 1 aromatic rings. The Balaban J connectivity index is 3.16. The van der Waals surface area contributed by atoms with Gasteiger partial charge in [0, 0.05) is 25.2 Å². The molecule has 1 N–H and O–H groups in total. The molecular weight excluding hydrogens is 238 g/mol. The number of ether oxygens (including phenoxy) is 1. The Hall–Kier alpha value is -0.930. The van der Waals surface area contributed by atoms with E-state index in [0.717, 1.165) is 40.6 Å². The highest BCUT2D eigenvalue weighted by Crippen LogP contribution is 2.37. The summed E-state index contributed by atoms with van der Waals surface area (Å²) in [6.45, 7) is 4.91. The van der Waals surface area contributed by atoms with Crippen molar-refractivity contribution in [3.63, 3.8) is 0 Å². The number of benzene rings is 1. The normalized spacial score (nSPS) is 10.5. The summed E-state index contributed by atoms with van der Waals surface area (Å²) in [6, 6.07) is 1.94. The number of nitrogens with zero attached hydrogens (tertiary/aromatic N) is 1. The second-order valence-electron chi connectivity index (χ2n) is 4.18. The number of anilines is 1. The maximum atomic E-state index is 8.87. The Bertz CT molecular complexity index is 393. The molecule has 0 bridgehead atoms. The van der Waals surface area contributed by atoms with Crippen molar-refractivity contribution in [2.24, 2.45) is 0 Å². The SMILES string of the molecule is COc1cc(C)c(Cl)c(C)c1N(C)CCCO. The molecular formula is C13H20ClNO2. The smallest absolute Gasteiger partial charge is 0.142 e. The van der Waals surface area contributed by atoms with Crippen LogP contribution in [0.15, 0.2) is 6.07 Å². The third-order valence-electron chi connectivity index (χ3n) is 2.86. The van der Waals surface area contributed by atoms with Crippen LogP contribution in [0.1, 0.15) is 17.5 Å². The first-order chi connectivity index (χ1) is 8.02. The first kappa shape index (κ1) is 14.1. The first-order valence-corrected chi connectivity index (χ1v) is 6.06. The second-order valence-corrected chi connectivity index (χ2v) is 4.56. The van der Waals surface area contributed by atoms with E-state index < -0.39 is 0 Å². The van der Waals surface area contributed by atoms with E-state index in [1.165, 1.54) is 0 Å². The standard InChI is InChI=1S/C13H20ClNO2/c1-9-8-11(17-4)13(10(2)12(9)14)15(3)6-5-7-16/h8,16H,5-7H2,1-4H3. The summed E-state index contributed by atoms with van der Waals surface area (Å²) in [6.07, 6.45) is 0.727. The molecule has 0 saturated carbocycles. The summed E-state index contributed by atoms with van der Waals surface area (Å²) < 4.78 is 5.40. The van der Waals surface area contributed by atoms with Crippen LogP contribution in [0, 0.1) is 13.8 Å². The molecule has 0 unspecified atom stereocenters. The minimum absolute atomic E-state index is 0.186. The largest absolute Gasteiger partial charge is 0.495 e. The molecule has 0 amide bonds. The predicted octanol–water partition coefficient (Wildman–Crippen LogP) is 2.78. The highest BCUT2D eigenvalue weighted by atomic mass is 35.5. The fourth-order valence-corrected chi connectivity index (χ4v) is 2.11. The summed E-state index contributed by atoms with van der Waals surface area (Å²) in [7, 11) is 3.64. The molecule has 0 fully saturated rings. The Morgan fingerprint density at radius 3 is 2.59 bits per heavy atom. The highest BCUT2D eigenvalue weighted by molar-refractivity contribution is 6.32. The topological polar surface area (TPSA) is 32.7 Å². The van der Waals surface area contributed by atoms with Crippen LogP contribution in [-0.4, -0.2) is 32.4 Å². The van der Waals surface area contributed by atoms with Gasteiger partial charge in [0.25, 0.3) is 0 Å². The van der Waals surface area contributed by atoms with Crippen molar-refractivity contribution in [1.29, 1.82) is 0 Å². The van der Waals surface area contributed by atoms with Crippen LogP contribution in [-0.2, 0) is 0 Å². The van der Waals surface area contributed by atoms with E-state index in [9.17, 15) is 0 Å². The van der Waals surface area contributed by atoms with Gasteiger partial charge in [0.2, 0.25) is 0 Å². The lowest BCUT2D eigenvalue weighted by molar-refractivity contribution is 0.290. The minimum atomic E-state index is 0.186. The van der Waals surface area contributed by atoms with Crippen LogP contribution < -0.4 is 9.64 Å². The number of methoxy groups -OCH3 is 1. The van der Waals surface area contributed by atoms with Crippen LogP contribution >= 0.6 is 11.6 Å². The van der Waals surface area contributed by atoms with Crippen LogP contribution in [0.5, 0.6) is 5.75 Å². The molecule has 0 aliphatic rings. The van der Waals surface area contributed by atoms with Gasteiger partial charge in [-0.25, -0.2) is 0 Å². The number of aryl methyl sites for hydroxylation is 1. The van der Waals surface area contributed by atoms with Gasteiger partial charge in [-0.15, -0.1) is 0 Å². The van der Waals surface area contributed by atoms with E-state index in [2.05, 4.69) is 4.90 Å². The van der Waals surface area contributed by atoms with Gasteiger partial charge in [0.05, 0.1) is 12.8 Å². The summed E-state index contributed by atoms with van der Waals surface area (Å²) in [4.78, 5) is 2.07. The molecule has 0 aromatic heterocycles. The van der Waals surface area contributed by atoms with Crippen molar-refractivity contribution < 1.29 is 9.84 Å². The zero-order chi connectivity index (χ0) is 13.0. The Morgan fingerprint density at radius 2 is 2.06 bits per heavy atom. The molecule has 0 heterocycles. The summed E-state index contributed by atoms with van der Waals surface area (Å²) in [5.74, 6) is 0.824. The second kappa shape index (κ2) is 6.12. The van der Waals surface area contributed by atoms with Gasteiger partial charge in [-0.3, -0.25) is 0 Å². The molecule has 1 rings (SSSR count). The van der Waals surface area contributed by atoms with Crippen LogP contribution in [0.25, 0.3) is 0 Å². The average Bonchev–Trinajstić information content (AvgIpc) is 2.32. The molecule has 4 heteroatoms. The highest BCUT2D eigenvalue weighted by Gasteiger charge is 2.15. The van der Waals surface area contributed by atoms with Crippen molar-refractivity contribution in [3.8, 4) is 5.75 Å². The van der Waals surface area contributed by atoms with E-state index >= 15 is 0 Å². The van der Waals surface area contributed by atoms with Crippen molar-refractivity contribution >= 4 is 17.3 Å². The van der Waals surface area contributed by atoms with Gasteiger partial charge >= 0.3 is 0 Å². The van der Waals surface area contributed by atoms with Crippen molar-refractivity contribution in [3.05, 3.63) is 22.2 Å². The lowest BCUT2D eigenvalue weighted by Crippen LogP contribution is -2.21. The van der Waals surface area contributed by atoms with E-state index in [1.807, 2.05) is 27.0 Å². The Kier molecular flexibility index (Phi) is 5.09. The quantitative estimate of drug-likeness (QED) is 0.881. The summed E-state index contributed by atoms with van der Waals surface area (Å²) >= 11 is 6.26. The van der Waals surface area contributed by atoms with Gasteiger partial charge in [-0.1, -0.05) is 11.6 Å². The predicted molar refractivity (Wildman–Crippen MR) is 72.5 cm³/mol. The maximum Gasteiger partial charge on any atom is 0.142 e. The molecule has 96 valence electrons. The van der Waals surface area contributed by atoms with Gasteiger partial charge < -0.3 is 14.7 Å². The number of aliphatic hydroxyl groups excluding tert-OH is 1. The molecule has 0 spiro atoms. The summed E-state index contributed by atoms with van der Waals surface area (Å²) in [5, 5.41) is 9.65. The van der Waals surface area contributed by atoms with Gasteiger partial charge in [-0.2, -0.15) is 0 Å². The van der Waals surface area contributed by atoms with Crippen LogP contribution in [0.3, 0.4) is 0 Å². The fraction of sp³-hybridized carbons (Fsp3) is 0.538. The first-order valence-electron chi connectivity index (χ1n) is 5.68. The number of hydrogen-bond acceptors (Lipinski definition) is 3. The maximum absolute atomic E-state index is 8.87. The number of hydrogen-bond donors (Lipinski definition) is 1. The van der Waals surface area contributed by atoms with Crippen LogP contribution in [0.2, 0.25) is 5.02 Å². The van der Waals surface area contributed by atoms with E-state index in [1.54, 1.807) is 7.11 Å². The lowest BCUT2D eigenvalue weighted by Gasteiger charge is -2.25. The molecule has 0 saturated heterocycles. The zero-order valence-electron chi connectivity index (χ0n) is 10.9. The van der Waals surface area contributed by atoms with Crippen molar-refractivity contribution in [2.45, 2.75) is 20.3 Å². The van der Waals surface area contributed by atoms with Crippen LogP contribution in [0.4, 0.5) is 5.69 Å². The molecule has 0 atom stereocenters. The molecule has 0 radical (unpaired) electrons. The molecule has 17 heavy (non-hydrogen) atoms. The van der Waals surface area contributed by atoms with Gasteiger partial charge in [-0.05, 0) is 37.5 Å². The van der Waals surface area contributed by atoms with Crippen molar-refractivity contribution in [1.82, 2.24) is 0 Å². The number of rotatable bonds is 5. The Morgan fingerprint density at radius 1 is 1.41 bits per heavy atom. The van der Waals surface area contributed by atoms with Gasteiger partial charge in [0.1, 0.15) is 5.75 Å². The van der Waals surface area contributed by atoms with E-state index in [4.69, 9.17) is 21.4 Å². The van der Waals surface area contributed by atoms with Crippen molar-refractivity contribution in [2.75, 3.05) is 32.2 Å². The van der Waals surface area contributed by atoms with E-state index in [0.29, 0.717) is 0 Å². The third-order valence-corrected chi connectivity index (χ3v) is 3.45. The number of aliphatic hydroxyl groups is 1. The van der Waals surface area contributed by atoms with E-state index in [-0.39, 0.29) is 6.61 Å². The molecule has 0 aliphatic heterocycles. The zero-order valence-corrected chi connectivity index (χ0v) is 11.6.